The van der Waals surface area contributed by atoms with Gasteiger partial charge in [0.15, 0.2) is 0 Å². The molecular formula is C13H26N2O2. The lowest BCUT2D eigenvalue weighted by molar-refractivity contribution is -0.0650. The van der Waals surface area contributed by atoms with E-state index in [9.17, 15) is 0 Å². The van der Waals surface area contributed by atoms with Gasteiger partial charge in [0.1, 0.15) is 0 Å². The van der Waals surface area contributed by atoms with Crippen molar-refractivity contribution in [1.29, 1.82) is 0 Å². The summed E-state index contributed by atoms with van der Waals surface area (Å²) in [5.41, 5.74) is 0. The molecule has 0 saturated carbocycles. The Kier molecular flexibility index (Phi) is 5.22. The quantitative estimate of drug-likeness (QED) is 0.728. The Labute approximate surface area is 105 Å². The van der Waals surface area contributed by atoms with Gasteiger partial charge in [-0.1, -0.05) is 0 Å². The molecule has 2 aliphatic rings. The van der Waals surface area contributed by atoms with E-state index in [1.165, 1.54) is 19.3 Å². The number of rotatable bonds is 4. The first kappa shape index (κ1) is 13.3. The van der Waals surface area contributed by atoms with Crippen LogP contribution in [0.15, 0.2) is 0 Å². The molecule has 0 aliphatic carbocycles. The molecular weight excluding hydrogens is 216 g/mol. The van der Waals surface area contributed by atoms with Crippen LogP contribution >= 0.6 is 0 Å². The SMILES string of the molecule is CN(C)C[C@@H]1CN(C[C@H]2CCCCO2)CCO1. The smallest absolute Gasteiger partial charge is 0.0829 e. The molecule has 0 amide bonds. The fraction of sp³-hybridized carbons (Fsp3) is 1.00. The van der Waals surface area contributed by atoms with Gasteiger partial charge in [0.25, 0.3) is 0 Å². The van der Waals surface area contributed by atoms with Gasteiger partial charge in [-0.2, -0.15) is 0 Å². The van der Waals surface area contributed by atoms with Crippen LogP contribution in [0.3, 0.4) is 0 Å². The van der Waals surface area contributed by atoms with Gasteiger partial charge in [0.2, 0.25) is 0 Å². The van der Waals surface area contributed by atoms with Gasteiger partial charge >= 0.3 is 0 Å². The summed E-state index contributed by atoms with van der Waals surface area (Å²) in [6, 6.07) is 0. The minimum Gasteiger partial charge on any atom is -0.377 e. The lowest BCUT2D eigenvalue weighted by atomic mass is 10.1. The molecule has 2 heterocycles. The predicted molar refractivity (Wildman–Crippen MR) is 68.3 cm³/mol. The molecule has 4 heteroatoms. The molecule has 0 unspecified atom stereocenters. The molecule has 0 aromatic heterocycles. The summed E-state index contributed by atoms with van der Waals surface area (Å²) < 4.78 is 11.6. The van der Waals surface area contributed by atoms with E-state index in [-0.39, 0.29) is 0 Å². The van der Waals surface area contributed by atoms with E-state index in [0.29, 0.717) is 12.2 Å². The van der Waals surface area contributed by atoms with E-state index in [4.69, 9.17) is 9.47 Å². The third-order valence-electron chi connectivity index (χ3n) is 3.53. The largest absolute Gasteiger partial charge is 0.377 e. The number of ether oxygens (including phenoxy) is 2. The zero-order valence-electron chi connectivity index (χ0n) is 11.2. The summed E-state index contributed by atoms with van der Waals surface area (Å²) in [5, 5.41) is 0. The molecule has 2 rings (SSSR count). The molecule has 4 nitrogen and oxygen atoms in total. The van der Waals surface area contributed by atoms with Crippen LogP contribution in [0.4, 0.5) is 0 Å². The van der Waals surface area contributed by atoms with Gasteiger partial charge < -0.3 is 14.4 Å². The standard InChI is InChI=1S/C13H26N2O2/c1-14(2)9-13-11-15(6-8-17-13)10-12-5-3-4-7-16-12/h12-13H,3-11H2,1-2H3/t12-,13-/m1/s1. The van der Waals surface area contributed by atoms with Crippen LogP contribution < -0.4 is 0 Å². The highest BCUT2D eigenvalue weighted by molar-refractivity contribution is 4.77. The van der Waals surface area contributed by atoms with Crippen LogP contribution in [0, 0.1) is 0 Å². The molecule has 0 aromatic carbocycles. The van der Waals surface area contributed by atoms with Crippen molar-refractivity contribution < 1.29 is 9.47 Å². The fourth-order valence-electron chi connectivity index (χ4n) is 2.70. The molecule has 2 atom stereocenters. The number of hydrogen-bond acceptors (Lipinski definition) is 4. The van der Waals surface area contributed by atoms with Crippen molar-refractivity contribution in [2.45, 2.75) is 31.5 Å². The topological polar surface area (TPSA) is 24.9 Å². The number of morpholine rings is 1. The first-order valence-electron chi connectivity index (χ1n) is 6.84. The first-order chi connectivity index (χ1) is 8.24. The van der Waals surface area contributed by atoms with Crippen molar-refractivity contribution in [2.75, 3.05) is 53.5 Å². The summed E-state index contributed by atoms with van der Waals surface area (Å²) >= 11 is 0. The molecule has 0 radical (unpaired) electrons. The van der Waals surface area contributed by atoms with Gasteiger partial charge in [-0.15, -0.1) is 0 Å². The molecule has 2 aliphatic heterocycles. The lowest BCUT2D eigenvalue weighted by Gasteiger charge is -2.36. The minimum absolute atomic E-state index is 0.363. The highest BCUT2D eigenvalue weighted by Crippen LogP contribution is 2.15. The van der Waals surface area contributed by atoms with E-state index in [0.717, 1.165) is 39.4 Å². The van der Waals surface area contributed by atoms with Gasteiger partial charge in [-0.25, -0.2) is 0 Å². The number of nitrogens with zero attached hydrogens (tertiary/aromatic N) is 2. The van der Waals surface area contributed by atoms with Crippen LogP contribution in [-0.4, -0.2) is 75.5 Å². The highest BCUT2D eigenvalue weighted by Gasteiger charge is 2.24. The molecule has 0 N–H and O–H groups in total. The summed E-state index contributed by atoms with van der Waals surface area (Å²) in [4.78, 5) is 4.71. The molecule has 0 bridgehead atoms. The molecule has 0 aromatic rings. The highest BCUT2D eigenvalue weighted by atomic mass is 16.5. The van der Waals surface area contributed by atoms with Crippen LogP contribution in [0.25, 0.3) is 0 Å². The average molecular weight is 242 g/mol. The van der Waals surface area contributed by atoms with Gasteiger partial charge in [-0.3, -0.25) is 4.90 Å². The second-order valence-electron chi connectivity index (χ2n) is 5.50. The van der Waals surface area contributed by atoms with Crippen LogP contribution in [0.1, 0.15) is 19.3 Å². The summed E-state index contributed by atoms with van der Waals surface area (Å²) in [5.74, 6) is 0. The Bertz CT molecular complexity index is 217. The van der Waals surface area contributed by atoms with Crippen LogP contribution in [0.2, 0.25) is 0 Å². The van der Waals surface area contributed by atoms with Gasteiger partial charge in [0.05, 0.1) is 18.8 Å². The van der Waals surface area contributed by atoms with Crippen molar-refractivity contribution in [3.8, 4) is 0 Å². The van der Waals surface area contributed by atoms with Crippen LogP contribution in [0.5, 0.6) is 0 Å². The zero-order chi connectivity index (χ0) is 12.1. The Balaban J connectivity index is 1.72. The van der Waals surface area contributed by atoms with E-state index in [1.54, 1.807) is 0 Å². The molecule has 2 fully saturated rings. The number of hydrogen-bond donors (Lipinski definition) is 0. The van der Waals surface area contributed by atoms with Crippen molar-refractivity contribution in [3.05, 3.63) is 0 Å². The normalized spacial score (nSPS) is 31.9. The number of likely N-dealkylation sites (N-methyl/N-ethyl adjacent to an activating group) is 1. The maximum Gasteiger partial charge on any atom is 0.0829 e. The Morgan fingerprint density at radius 3 is 2.65 bits per heavy atom. The zero-order valence-corrected chi connectivity index (χ0v) is 11.2. The lowest BCUT2D eigenvalue weighted by Crippen LogP contribution is -2.49. The summed E-state index contributed by atoms with van der Waals surface area (Å²) in [6.45, 7) is 6.04. The first-order valence-corrected chi connectivity index (χ1v) is 6.84. The van der Waals surface area contributed by atoms with Crippen molar-refractivity contribution in [3.63, 3.8) is 0 Å². The van der Waals surface area contributed by atoms with E-state index < -0.39 is 0 Å². The molecule has 17 heavy (non-hydrogen) atoms. The van der Waals surface area contributed by atoms with E-state index in [2.05, 4.69) is 23.9 Å². The summed E-state index contributed by atoms with van der Waals surface area (Å²) in [7, 11) is 4.21. The third kappa shape index (κ3) is 4.54. The van der Waals surface area contributed by atoms with Gasteiger partial charge in [-0.05, 0) is 33.4 Å². The Hall–Kier alpha value is -0.160. The predicted octanol–water partition coefficient (Wildman–Crippen LogP) is 0.818. The molecule has 0 spiro atoms. The van der Waals surface area contributed by atoms with Crippen LogP contribution in [-0.2, 0) is 9.47 Å². The Morgan fingerprint density at radius 1 is 1.12 bits per heavy atom. The Morgan fingerprint density at radius 2 is 1.94 bits per heavy atom. The maximum absolute atomic E-state index is 5.80. The third-order valence-corrected chi connectivity index (χ3v) is 3.53. The maximum atomic E-state index is 5.80. The molecule has 2 saturated heterocycles. The average Bonchev–Trinajstić information content (AvgIpc) is 2.30. The second-order valence-corrected chi connectivity index (χ2v) is 5.50. The van der Waals surface area contributed by atoms with Gasteiger partial charge in [0, 0.05) is 32.8 Å². The summed E-state index contributed by atoms with van der Waals surface area (Å²) in [6.07, 6.45) is 4.62. The van der Waals surface area contributed by atoms with Crippen molar-refractivity contribution in [1.82, 2.24) is 9.80 Å². The van der Waals surface area contributed by atoms with Crippen molar-refractivity contribution >= 4 is 0 Å². The second kappa shape index (κ2) is 6.69. The fourth-order valence-corrected chi connectivity index (χ4v) is 2.70. The molecule has 100 valence electrons. The van der Waals surface area contributed by atoms with Crippen molar-refractivity contribution in [2.24, 2.45) is 0 Å². The minimum atomic E-state index is 0.363. The van der Waals surface area contributed by atoms with E-state index in [1.807, 2.05) is 0 Å². The van der Waals surface area contributed by atoms with E-state index >= 15 is 0 Å². The monoisotopic (exact) mass is 242 g/mol.